The van der Waals surface area contributed by atoms with Crippen molar-refractivity contribution in [1.29, 1.82) is 0 Å². The molecule has 2 aromatic rings. The first-order chi connectivity index (χ1) is 11.6. The highest BCUT2D eigenvalue weighted by Crippen LogP contribution is 2.15. The van der Waals surface area contributed by atoms with E-state index in [1.807, 2.05) is 12.1 Å². The van der Waals surface area contributed by atoms with Gasteiger partial charge in [0.1, 0.15) is 5.69 Å². The number of piperidine rings is 1. The number of aromatic amines is 1. The Labute approximate surface area is 143 Å². The molecule has 5 heteroatoms. The number of nitrogens with zero attached hydrogens (tertiary/aromatic N) is 2. The summed E-state index contributed by atoms with van der Waals surface area (Å²) in [6.07, 6.45) is 2.13. The Bertz CT molecular complexity index is 665. The summed E-state index contributed by atoms with van der Waals surface area (Å²) in [4.78, 5) is 14.8. The van der Waals surface area contributed by atoms with Crippen LogP contribution in [0.4, 0.5) is 0 Å². The lowest BCUT2D eigenvalue weighted by Gasteiger charge is -2.33. The zero-order valence-electron chi connectivity index (χ0n) is 14.5. The first kappa shape index (κ1) is 16.7. The van der Waals surface area contributed by atoms with Crippen LogP contribution in [0.15, 0.2) is 36.4 Å². The summed E-state index contributed by atoms with van der Waals surface area (Å²) in [5.74, 6) is 0.264. The molecule has 1 aromatic carbocycles. The maximum absolute atomic E-state index is 12.4. The first-order valence-corrected chi connectivity index (χ1v) is 8.74. The molecule has 2 heterocycles. The number of H-pyrrole nitrogens is 1. The molecule has 1 amide bonds. The fraction of sp³-hybridized carbons (Fsp3) is 0.474. The third-order valence-corrected chi connectivity index (χ3v) is 4.54. The molecule has 1 fully saturated rings. The van der Waals surface area contributed by atoms with Crippen molar-refractivity contribution in [3.8, 4) is 0 Å². The van der Waals surface area contributed by atoms with E-state index in [1.165, 1.54) is 5.56 Å². The van der Waals surface area contributed by atoms with Crippen LogP contribution < -0.4 is 5.32 Å². The molecular weight excluding hydrogens is 300 g/mol. The van der Waals surface area contributed by atoms with Gasteiger partial charge in [0, 0.05) is 24.8 Å². The highest BCUT2D eigenvalue weighted by atomic mass is 16.2. The molecule has 1 aliphatic heterocycles. The predicted molar refractivity (Wildman–Crippen MR) is 94.9 cm³/mol. The van der Waals surface area contributed by atoms with Gasteiger partial charge in [0.25, 0.3) is 5.91 Å². The lowest BCUT2D eigenvalue weighted by atomic mass is 10.0. The van der Waals surface area contributed by atoms with Crippen molar-refractivity contribution in [2.45, 2.75) is 45.2 Å². The first-order valence-electron chi connectivity index (χ1n) is 8.74. The fourth-order valence-electron chi connectivity index (χ4n) is 3.17. The molecular formula is C19H26N4O. The fourth-order valence-corrected chi connectivity index (χ4v) is 3.17. The van der Waals surface area contributed by atoms with E-state index in [9.17, 15) is 4.79 Å². The van der Waals surface area contributed by atoms with Gasteiger partial charge in [0.05, 0.1) is 0 Å². The van der Waals surface area contributed by atoms with E-state index in [1.54, 1.807) is 0 Å². The summed E-state index contributed by atoms with van der Waals surface area (Å²) in [7, 11) is 0. The van der Waals surface area contributed by atoms with Crippen LogP contribution >= 0.6 is 0 Å². The minimum atomic E-state index is -0.0790. The number of rotatable bonds is 5. The molecule has 128 valence electrons. The second-order valence-corrected chi connectivity index (χ2v) is 6.90. The molecule has 2 N–H and O–H groups in total. The number of aromatic nitrogens is 2. The Morgan fingerprint density at radius 1 is 1.38 bits per heavy atom. The van der Waals surface area contributed by atoms with Crippen molar-refractivity contribution in [2.24, 2.45) is 0 Å². The lowest BCUT2D eigenvalue weighted by molar-refractivity contribution is 0.0895. The van der Waals surface area contributed by atoms with Crippen molar-refractivity contribution in [3.63, 3.8) is 0 Å². The molecule has 1 aromatic heterocycles. The molecule has 1 aliphatic rings. The van der Waals surface area contributed by atoms with Crippen LogP contribution in [0.2, 0.25) is 0 Å². The van der Waals surface area contributed by atoms with Gasteiger partial charge in [-0.2, -0.15) is 5.10 Å². The maximum atomic E-state index is 12.4. The van der Waals surface area contributed by atoms with Gasteiger partial charge in [-0.15, -0.1) is 0 Å². The van der Waals surface area contributed by atoms with Crippen LogP contribution in [-0.4, -0.2) is 40.1 Å². The SMILES string of the molecule is CC(C)c1cc(C(=O)NC2CCCN(Cc3ccccc3)C2)n[nH]1. The number of likely N-dealkylation sites (tertiary alicyclic amines) is 1. The van der Waals surface area contributed by atoms with Crippen molar-refractivity contribution >= 4 is 5.91 Å². The molecule has 1 atom stereocenters. The zero-order chi connectivity index (χ0) is 16.9. The molecule has 5 nitrogen and oxygen atoms in total. The minimum Gasteiger partial charge on any atom is -0.347 e. The molecule has 0 spiro atoms. The van der Waals surface area contributed by atoms with Gasteiger partial charge in [-0.05, 0) is 36.9 Å². The lowest BCUT2D eigenvalue weighted by Crippen LogP contribution is -2.47. The number of hydrogen-bond acceptors (Lipinski definition) is 3. The van der Waals surface area contributed by atoms with Gasteiger partial charge < -0.3 is 5.32 Å². The van der Waals surface area contributed by atoms with E-state index >= 15 is 0 Å². The summed E-state index contributed by atoms with van der Waals surface area (Å²) >= 11 is 0. The Hall–Kier alpha value is -2.14. The van der Waals surface area contributed by atoms with E-state index < -0.39 is 0 Å². The molecule has 1 saturated heterocycles. The molecule has 0 bridgehead atoms. The van der Waals surface area contributed by atoms with E-state index in [4.69, 9.17) is 0 Å². The Balaban J connectivity index is 1.55. The van der Waals surface area contributed by atoms with E-state index in [0.29, 0.717) is 11.6 Å². The molecule has 0 aliphatic carbocycles. The second-order valence-electron chi connectivity index (χ2n) is 6.90. The Kier molecular flexibility index (Phi) is 5.30. The van der Waals surface area contributed by atoms with E-state index in [-0.39, 0.29) is 11.9 Å². The van der Waals surface area contributed by atoms with Gasteiger partial charge in [-0.1, -0.05) is 44.2 Å². The molecule has 0 radical (unpaired) electrons. The summed E-state index contributed by atoms with van der Waals surface area (Å²) in [6, 6.07) is 12.5. The highest BCUT2D eigenvalue weighted by Gasteiger charge is 2.23. The number of benzene rings is 1. The van der Waals surface area contributed by atoms with Crippen LogP contribution in [-0.2, 0) is 6.54 Å². The largest absolute Gasteiger partial charge is 0.347 e. The van der Waals surface area contributed by atoms with Gasteiger partial charge in [0.2, 0.25) is 0 Å². The number of carbonyl (C=O) groups is 1. The van der Waals surface area contributed by atoms with Crippen LogP contribution in [0, 0.1) is 0 Å². The summed E-state index contributed by atoms with van der Waals surface area (Å²) in [6.45, 7) is 7.08. The number of nitrogens with one attached hydrogen (secondary N) is 2. The Morgan fingerprint density at radius 2 is 2.17 bits per heavy atom. The maximum Gasteiger partial charge on any atom is 0.272 e. The number of amides is 1. The van der Waals surface area contributed by atoms with Gasteiger partial charge in [-0.25, -0.2) is 0 Å². The monoisotopic (exact) mass is 326 g/mol. The van der Waals surface area contributed by atoms with E-state index in [0.717, 1.165) is 38.2 Å². The zero-order valence-corrected chi connectivity index (χ0v) is 14.5. The van der Waals surface area contributed by atoms with Crippen molar-refractivity contribution in [3.05, 3.63) is 53.3 Å². The van der Waals surface area contributed by atoms with Gasteiger partial charge in [-0.3, -0.25) is 14.8 Å². The summed E-state index contributed by atoms with van der Waals surface area (Å²) in [5.41, 5.74) is 2.80. The van der Waals surface area contributed by atoms with Crippen LogP contribution in [0.1, 0.15) is 54.4 Å². The summed E-state index contributed by atoms with van der Waals surface area (Å²) in [5, 5.41) is 10.2. The normalized spacial score (nSPS) is 18.7. The van der Waals surface area contributed by atoms with Crippen LogP contribution in [0.3, 0.4) is 0 Å². The van der Waals surface area contributed by atoms with E-state index in [2.05, 4.69) is 58.5 Å². The number of carbonyl (C=O) groups excluding carboxylic acids is 1. The van der Waals surface area contributed by atoms with Crippen molar-refractivity contribution in [1.82, 2.24) is 20.4 Å². The summed E-state index contributed by atoms with van der Waals surface area (Å²) < 4.78 is 0. The molecule has 3 rings (SSSR count). The minimum absolute atomic E-state index is 0.0790. The smallest absolute Gasteiger partial charge is 0.272 e. The quantitative estimate of drug-likeness (QED) is 0.888. The van der Waals surface area contributed by atoms with Gasteiger partial charge in [0.15, 0.2) is 0 Å². The average molecular weight is 326 g/mol. The topological polar surface area (TPSA) is 61.0 Å². The van der Waals surface area contributed by atoms with Crippen LogP contribution in [0.25, 0.3) is 0 Å². The van der Waals surface area contributed by atoms with Gasteiger partial charge >= 0.3 is 0 Å². The Morgan fingerprint density at radius 3 is 2.88 bits per heavy atom. The standard InChI is InChI=1S/C19H26N4O/c1-14(2)17-11-18(22-21-17)19(24)20-16-9-6-10-23(13-16)12-15-7-4-3-5-8-15/h3-5,7-8,11,14,16H,6,9-10,12-13H2,1-2H3,(H,20,24)(H,21,22). The highest BCUT2D eigenvalue weighted by molar-refractivity contribution is 5.92. The molecule has 24 heavy (non-hydrogen) atoms. The third kappa shape index (κ3) is 4.23. The predicted octanol–water partition coefficient (Wildman–Crippen LogP) is 2.93. The third-order valence-electron chi connectivity index (χ3n) is 4.54. The van der Waals surface area contributed by atoms with Crippen molar-refractivity contribution < 1.29 is 4.79 Å². The molecule has 0 saturated carbocycles. The van der Waals surface area contributed by atoms with Crippen LogP contribution in [0.5, 0.6) is 0 Å². The average Bonchev–Trinajstić information content (AvgIpc) is 3.06. The second kappa shape index (κ2) is 7.62. The number of hydrogen-bond donors (Lipinski definition) is 2. The molecule has 1 unspecified atom stereocenters. The van der Waals surface area contributed by atoms with Crippen molar-refractivity contribution in [2.75, 3.05) is 13.1 Å².